The molecule has 0 fully saturated rings. The van der Waals surface area contributed by atoms with E-state index in [1.54, 1.807) is 12.4 Å². The molecule has 0 saturated heterocycles. The average molecular weight is 164 g/mol. The van der Waals surface area contributed by atoms with E-state index < -0.39 is 5.54 Å². The number of rotatable bonds is 0. The van der Waals surface area contributed by atoms with Gasteiger partial charge in [0.2, 0.25) is 0 Å². The quantitative estimate of drug-likeness (QED) is 0.543. The molecule has 0 spiro atoms. The second kappa shape index (κ2) is 2.24. The summed E-state index contributed by atoms with van der Waals surface area (Å²) in [6.07, 6.45) is 4.26. The van der Waals surface area contributed by atoms with Gasteiger partial charge in [-0.05, 0) is 24.5 Å². The van der Waals surface area contributed by atoms with Gasteiger partial charge >= 0.3 is 0 Å². The van der Waals surface area contributed by atoms with Gasteiger partial charge in [0.15, 0.2) is 0 Å². The van der Waals surface area contributed by atoms with Crippen LogP contribution in [0, 0.1) is 0 Å². The van der Waals surface area contributed by atoms with Gasteiger partial charge in [-0.15, -0.1) is 0 Å². The van der Waals surface area contributed by atoms with Gasteiger partial charge in [-0.2, -0.15) is 10.2 Å². The van der Waals surface area contributed by atoms with Crippen LogP contribution >= 0.6 is 0 Å². The number of hydrogen-bond acceptors (Lipinski definition) is 4. The zero-order valence-electron chi connectivity index (χ0n) is 6.99. The summed E-state index contributed by atoms with van der Waals surface area (Å²) in [6.45, 7) is 1.94. The van der Waals surface area contributed by atoms with Gasteiger partial charge in [-0.25, -0.2) is 0 Å². The maximum absolute atomic E-state index is 6.04. The Morgan fingerprint density at radius 1 is 1.50 bits per heavy atom. The van der Waals surface area contributed by atoms with E-state index in [0.29, 0.717) is 0 Å². The zero-order chi connectivity index (χ0) is 8.77. The third-order valence-electron chi connectivity index (χ3n) is 2.60. The van der Waals surface area contributed by atoms with Crippen LogP contribution in [0.2, 0.25) is 0 Å². The third kappa shape index (κ3) is 0.852. The van der Waals surface area contributed by atoms with Crippen molar-refractivity contribution in [3.8, 4) is 0 Å². The van der Waals surface area contributed by atoms with Crippen LogP contribution in [-0.2, 0) is 12.0 Å². The Labute approximate surface area is 71.0 Å². The lowest BCUT2D eigenvalue weighted by atomic mass is 9.94. The SMILES string of the molecule is CC1(N)c2cnncc2C[C@H]1N. The Balaban J connectivity index is 2.55. The van der Waals surface area contributed by atoms with Gasteiger partial charge in [-0.3, -0.25) is 0 Å². The van der Waals surface area contributed by atoms with E-state index in [0.717, 1.165) is 17.5 Å². The minimum atomic E-state index is -0.439. The van der Waals surface area contributed by atoms with Gasteiger partial charge in [0.25, 0.3) is 0 Å². The smallest absolute Gasteiger partial charge is 0.0556 e. The minimum absolute atomic E-state index is 0.0153. The molecule has 2 rings (SSSR count). The van der Waals surface area contributed by atoms with Crippen molar-refractivity contribution < 1.29 is 0 Å². The van der Waals surface area contributed by atoms with Crippen LogP contribution in [0.25, 0.3) is 0 Å². The highest BCUT2D eigenvalue weighted by atomic mass is 15.1. The predicted molar refractivity (Wildman–Crippen MR) is 45.3 cm³/mol. The fourth-order valence-corrected chi connectivity index (χ4v) is 1.64. The second-order valence-electron chi connectivity index (χ2n) is 3.52. The van der Waals surface area contributed by atoms with Gasteiger partial charge in [0, 0.05) is 6.04 Å². The molecular weight excluding hydrogens is 152 g/mol. The Morgan fingerprint density at radius 2 is 2.17 bits per heavy atom. The summed E-state index contributed by atoms with van der Waals surface area (Å²) >= 11 is 0. The summed E-state index contributed by atoms with van der Waals surface area (Å²) in [7, 11) is 0. The molecule has 1 aromatic rings. The Morgan fingerprint density at radius 3 is 2.83 bits per heavy atom. The number of nitrogens with two attached hydrogens (primary N) is 2. The van der Waals surface area contributed by atoms with Crippen molar-refractivity contribution in [1.82, 2.24) is 10.2 Å². The molecule has 64 valence electrons. The zero-order valence-corrected chi connectivity index (χ0v) is 6.99. The molecule has 4 N–H and O–H groups in total. The van der Waals surface area contributed by atoms with Gasteiger partial charge in [0.05, 0.1) is 17.9 Å². The average Bonchev–Trinajstić information content (AvgIpc) is 2.25. The van der Waals surface area contributed by atoms with Gasteiger partial charge in [0.1, 0.15) is 0 Å². The molecule has 0 bridgehead atoms. The van der Waals surface area contributed by atoms with Crippen LogP contribution in [-0.4, -0.2) is 16.2 Å². The summed E-state index contributed by atoms with van der Waals surface area (Å²) in [5, 5.41) is 7.60. The Bertz CT molecular complexity index is 308. The normalized spacial score (nSPS) is 33.4. The van der Waals surface area contributed by atoms with Crippen molar-refractivity contribution >= 4 is 0 Å². The van der Waals surface area contributed by atoms with Crippen LogP contribution in [0.4, 0.5) is 0 Å². The highest BCUT2D eigenvalue weighted by molar-refractivity contribution is 5.36. The Hall–Kier alpha value is -1.00. The fraction of sp³-hybridized carbons (Fsp3) is 0.500. The third-order valence-corrected chi connectivity index (χ3v) is 2.60. The van der Waals surface area contributed by atoms with E-state index in [-0.39, 0.29) is 6.04 Å². The molecule has 0 amide bonds. The van der Waals surface area contributed by atoms with Crippen LogP contribution < -0.4 is 11.5 Å². The molecule has 0 aliphatic heterocycles. The largest absolute Gasteiger partial charge is 0.326 e. The van der Waals surface area contributed by atoms with E-state index >= 15 is 0 Å². The molecule has 0 aromatic carbocycles. The van der Waals surface area contributed by atoms with Gasteiger partial charge < -0.3 is 11.5 Å². The van der Waals surface area contributed by atoms with Crippen molar-refractivity contribution in [2.45, 2.75) is 24.9 Å². The number of nitrogens with zero attached hydrogens (tertiary/aromatic N) is 2. The summed E-state index contributed by atoms with van der Waals surface area (Å²) in [5.74, 6) is 0. The first kappa shape index (κ1) is 7.64. The molecule has 0 radical (unpaired) electrons. The molecule has 1 unspecified atom stereocenters. The standard InChI is InChI=1S/C8H12N4/c1-8(10)6-4-12-11-3-5(6)2-7(8)9/h3-4,7H,2,9-10H2,1H3/t7-,8?/m1/s1. The van der Waals surface area contributed by atoms with Crippen molar-refractivity contribution in [2.75, 3.05) is 0 Å². The molecule has 1 aliphatic carbocycles. The van der Waals surface area contributed by atoms with E-state index in [9.17, 15) is 0 Å². The van der Waals surface area contributed by atoms with E-state index in [1.165, 1.54) is 0 Å². The second-order valence-corrected chi connectivity index (χ2v) is 3.52. The van der Waals surface area contributed by atoms with Crippen LogP contribution in [0.5, 0.6) is 0 Å². The summed E-state index contributed by atoms with van der Waals surface area (Å²) in [5.41, 5.74) is 13.6. The van der Waals surface area contributed by atoms with Crippen molar-refractivity contribution in [1.29, 1.82) is 0 Å². The van der Waals surface area contributed by atoms with Gasteiger partial charge in [-0.1, -0.05) is 0 Å². The molecule has 12 heavy (non-hydrogen) atoms. The lowest BCUT2D eigenvalue weighted by Gasteiger charge is -2.24. The lowest BCUT2D eigenvalue weighted by molar-refractivity contribution is 0.420. The lowest BCUT2D eigenvalue weighted by Crippen LogP contribution is -2.47. The first-order chi connectivity index (χ1) is 5.62. The molecule has 0 saturated carbocycles. The minimum Gasteiger partial charge on any atom is -0.326 e. The van der Waals surface area contributed by atoms with Crippen LogP contribution in [0.1, 0.15) is 18.1 Å². The van der Waals surface area contributed by atoms with Crippen LogP contribution in [0.3, 0.4) is 0 Å². The molecule has 1 aromatic heterocycles. The summed E-state index contributed by atoms with van der Waals surface area (Å²) in [6, 6.07) is -0.0153. The molecule has 1 aliphatic rings. The maximum atomic E-state index is 6.04. The predicted octanol–water partition coefficient (Wildman–Crippen LogP) is -0.466. The van der Waals surface area contributed by atoms with Crippen molar-refractivity contribution in [3.05, 3.63) is 23.5 Å². The fourth-order valence-electron chi connectivity index (χ4n) is 1.64. The molecule has 4 heteroatoms. The summed E-state index contributed by atoms with van der Waals surface area (Å²) < 4.78 is 0. The monoisotopic (exact) mass is 164 g/mol. The first-order valence-corrected chi connectivity index (χ1v) is 3.97. The first-order valence-electron chi connectivity index (χ1n) is 3.97. The Kier molecular flexibility index (Phi) is 1.43. The van der Waals surface area contributed by atoms with E-state index in [2.05, 4.69) is 10.2 Å². The molecule has 1 heterocycles. The van der Waals surface area contributed by atoms with E-state index in [1.807, 2.05) is 6.92 Å². The number of fused-ring (bicyclic) bond motifs is 1. The van der Waals surface area contributed by atoms with Crippen molar-refractivity contribution in [2.24, 2.45) is 11.5 Å². The number of aromatic nitrogens is 2. The maximum Gasteiger partial charge on any atom is 0.0556 e. The topological polar surface area (TPSA) is 77.8 Å². The molecule has 2 atom stereocenters. The molecular formula is C8H12N4. The highest BCUT2D eigenvalue weighted by Crippen LogP contribution is 2.31. The van der Waals surface area contributed by atoms with Crippen molar-refractivity contribution in [3.63, 3.8) is 0 Å². The van der Waals surface area contributed by atoms with Crippen LogP contribution in [0.15, 0.2) is 12.4 Å². The van der Waals surface area contributed by atoms with E-state index in [4.69, 9.17) is 11.5 Å². The summed E-state index contributed by atoms with van der Waals surface area (Å²) in [4.78, 5) is 0. The highest BCUT2D eigenvalue weighted by Gasteiger charge is 2.37. The molecule has 4 nitrogen and oxygen atoms in total. The number of hydrogen-bond donors (Lipinski definition) is 2.